The molecule has 9 nitrogen and oxygen atoms in total. The van der Waals surface area contributed by atoms with Gasteiger partial charge in [0.2, 0.25) is 5.95 Å². The summed E-state index contributed by atoms with van der Waals surface area (Å²) in [6, 6.07) is 16.0. The van der Waals surface area contributed by atoms with Crippen molar-refractivity contribution in [1.82, 2.24) is 34.8 Å². The van der Waals surface area contributed by atoms with Crippen molar-refractivity contribution in [2.45, 2.75) is 19.5 Å². The molecule has 5 rings (SSSR count). The Morgan fingerprint density at radius 2 is 1.86 bits per heavy atom. The molecule has 1 aliphatic rings. The van der Waals surface area contributed by atoms with Crippen LogP contribution in [0.15, 0.2) is 54.7 Å². The number of aromatic nitrogens is 6. The summed E-state index contributed by atoms with van der Waals surface area (Å²) < 4.78 is 1.76. The zero-order chi connectivity index (χ0) is 24.4. The summed E-state index contributed by atoms with van der Waals surface area (Å²) >= 11 is 0. The molecule has 1 fully saturated rings. The maximum absolute atomic E-state index is 6.01. The van der Waals surface area contributed by atoms with Gasteiger partial charge in [-0.15, -0.1) is 11.5 Å². The smallest absolute Gasteiger partial charge is 0.221 e. The lowest BCUT2D eigenvalue weighted by Crippen LogP contribution is -2.50. The van der Waals surface area contributed by atoms with Crippen molar-refractivity contribution in [3.8, 4) is 35.0 Å². The van der Waals surface area contributed by atoms with E-state index in [0.29, 0.717) is 29.7 Å². The van der Waals surface area contributed by atoms with Crippen LogP contribution in [0.3, 0.4) is 0 Å². The molecule has 0 aliphatic carbocycles. The molecule has 0 bridgehead atoms. The lowest BCUT2D eigenvalue weighted by Gasteiger charge is -2.39. The molecule has 0 amide bonds. The van der Waals surface area contributed by atoms with Crippen molar-refractivity contribution in [3.63, 3.8) is 0 Å². The predicted octanol–water partition coefficient (Wildman–Crippen LogP) is 2.55. The number of anilines is 2. The average Bonchev–Trinajstić information content (AvgIpc) is 3.32. The fourth-order valence-electron chi connectivity index (χ4n) is 4.37. The maximum Gasteiger partial charge on any atom is 0.221 e. The summed E-state index contributed by atoms with van der Waals surface area (Å²) in [7, 11) is 2.16. The molecule has 1 aromatic carbocycles. The summed E-state index contributed by atoms with van der Waals surface area (Å²) in [4.78, 5) is 18.3. The lowest BCUT2D eigenvalue weighted by atomic mass is 10.1. The summed E-state index contributed by atoms with van der Waals surface area (Å²) in [6.07, 6.45) is 7.38. The van der Waals surface area contributed by atoms with Gasteiger partial charge in [-0.05, 0) is 44.3 Å². The number of nitrogens with zero attached hydrogens (tertiary/aromatic N) is 8. The van der Waals surface area contributed by atoms with Crippen LogP contribution >= 0.6 is 0 Å². The van der Waals surface area contributed by atoms with Crippen LogP contribution in [0.5, 0.6) is 0 Å². The van der Waals surface area contributed by atoms with Crippen LogP contribution in [0.4, 0.5) is 11.8 Å². The minimum absolute atomic E-state index is 0.161. The monoisotopic (exact) mass is 465 g/mol. The first-order chi connectivity index (χ1) is 17.0. The van der Waals surface area contributed by atoms with E-state index in [1.807, 2.05) is 48.7 Å². The molecule has 35 heavy (non-hydrogen) atoms. The minimum Gasteiger partial charge on any atom is -0.368 e. The number of terminal acetylenes is 1. The van der Waals surface area contributed by atoms with E-state index in [9.17, 15) is 0 Å². The van der Waals surface area contributed by atoms with E-state index in [4.69, 9.17) is 17.1 Å². The van der Waals surface area contributed by atoms with Gasteiger partial charge in [0, 0.05) is 36.8 Å². The van der Waals surface area contributed by atoms with Crippen LogP contribution in [-0.2, 0) is 6.54 Å². The Labute approximate surface area is 204 Å². The highest BCUT2D eigenvalue weighted by Crippen LogP contribution is 2.24. The Kier molecular flexibility index (Phi) is 6.12. The quantitative estimate of drug-likeness (QED) is 0.449. The summed E-state index contributed by atoms with van der Waals surface area (Å²) in [6.45, 7) is 5.75. The van der Waals surface area contributed by atoms with Crippen LogP contribution < -0.4 is 10.6 Å². The maximum atomic E-state index is 6.01. The van der Waals surface area contributed by atoms with Crippen LogP contribution in [-0.4, -0.2) is 67.6 Å². The molecule has 4 aromatic rings. The topological polar surface area (TPSA) is 102 Å². The predicted molar refractivity (Wildman–Crippen MR) is 136 cm³/mol. The molecule has 0 unspecified atom stereocenters. The Morgan fingerprint density at radius 3 is 2.69 bits per heavy atom. The van der Waals surface area contributed by atoms with E-state index >= 15 is 0 Å². The van der Waals surface area contributed by atoms with Crippen molar-refractivity contribution < 1.29 is 0 Å². The van der Waals surface area contributed by atoms with Crippen LogP contribution in [0.2, 0.25) is 0 Å². The first-order valence-corrected chi connectivity index (χ1v) is 11.5. The molecular formula is C26H27N9. The first-order valence-electron chi connectivity index (χ1n) is 11.5. The second kappa shape index (κ2) is 9.52. The molecule has 1 saturated heterocycles. The molecule has 0 spiro atoms. The number of piperazine rings is 1. The van der Waals surface area contributed by atoms with Crippen LogP contribution in [0.25, 0.3) is 22.6 Å². The number of hydrogen-bond donors (Lipinski definition) is 1. The molecule has 3 aromatic heterocycles. The van der Waals surface area contributed by atoms with Crippen LogP contribution in [0, 0.1) is 12.3 Å². The van der Waals surface area contributed by atoms with E-state index in [0.717, 1.165) is 42.3 Å². The highest BCUT2D eigenvalue weighted by atomic mass is 15.4. The van der Waals surface area contributed by atoms with E-state index < -0.39 is 0 Å². The number of benzene rings is 1. The second-order valence-corrected chi connectivity index (χ2v) is 8.81. The van der Waals surface area contributed by atoms with Crippen molar-refractivity contribution in [1.29, 1.82) is 0 Å². The Balaban J connectivity index is 1.37. The molecule has 176 valence electrons. The van der Waals surface area contributed by atoms with E-state index in [-0.39, 0.29) is 5.95 Å². The van der Waals surface area contributed by atoms with Gasteiger partial charge in [-0.25, -0.2) is 19.6 Å². The van der Waals surface area contributed by atoms with E-state index in [1.165, 1.54) is 0 Å². The Morgan fingerprint density at radius 1 is 1.03 bits per heavy atom. The Hall–Kier alpha value is -4.29. The molecule has 0 radical (unpaired) electrons. The highest BCUT2D eigenvalue weighted by Gasteiger charge is 2.22. The SMILES string of the molecule is C#Cc1cccc(-c2cc(-c3cn(Cc4cccc(N5CCN(C)C[C@H]5C)n4)nn3)nc(N)n2)c1. The molecule has 9 heteroatoms. The van der Waals surface area contributed by atoms with Gasteiger partial charge < -0.3 is 15.5 Å². The van der Waals surface area contributed by atoms with Gasteiger partial charge >= 0.3 is 0 Å². The second-order valence-electron chi connectivity index (χ2n) is 8.81. The van der Waals surface area contributed by atoms with Gasteiger partial charge in [-0.1, -0.05) is 29.3 Å². The number of nitrogen functional groups attached to an aromatic ring is 1. The lowest BCUT2D eigenvalue weighted by molar-refractivity contribution is 0.274. The van der Waals surface area contributed by atoms with E-state index in [1.54, 1.807) is 4.68 Å². The molecule has 1 aliphatic heterocycles. The molecule has 0 saturated carbocycles. The van der Waals surface area contributed by atoms with Crippen molar-refractivity contribution >= 4 is 11.8 Å². The van der Waals surface area contributed by atoms with E-state index in [2.05, 4.69) is 56.0 Å². The van der Waals surface area contributed by atoms with Crippen molar-refractivity contribution in [2.75, 3.05) is 37.3 Å². The molecular weight excluding hydrogens is 438 g/mol. The Bertz CT molecular complexity index is 1390. The summed E-state index contributed by atoms with van der Waals surface area (Å²) in [5, 5.41) is 8.61. The third kappa shape index (κ3) is 4.98. The van der Waals surface area contributed by atoms with Crippen molar-refractivity contribution in [3.05, 3.63) is 66.0 Å². The number of hydrogen-bond acceptors (Lipinski definition) is 8. The van der Waals surface area contributed by atoms with Gasteiger partial charge in [-0.2, -0.15) is 0 Å². The standard InChI is InChI=1S/C26H27N9/c1-4-19-7-5-8-20(13-19)22-14-23(30-26(27)29-22)24-17-34(32-31-24)16-21-9-6-10-25(28-21)35-12-11-33(3)15-18(35)2/h1,5-10,13-14,17-18H,11-12,15-16H2,2-3H3,(H2,27,29,30)/t18-/m1/s1. The zero-order valence-electron chi connectivity index (χ0n) is 19.8. The van der Waals surface area contributed by atoms with Gasteiger partial charge in [0.25, 0.3) is 0 Å². The number of nitrogens with two attached hydrogens (primary N) is 1. The largest absolute Gasteiger partial charge is 0.368 e. The van der Waals surface area contributed by atoms with Gasteiger partial charge in [0.05, 0.1) is 29.8 Å². The zero-order valence-corrected chi connectivity index (χ0v) is 19.8. The fourth-order valence-corrected chi connectivity index (χ4v) is 4.37. The van der Waals surface area contributed by atoms with Gasteiger partial charge in [-0.3, -0.25) is 0 Å². The number of rotatable bonds is 5. The fraction of sp³-hybridized carbons (Fsp3) is 0.269. The molecule has 4 heterocycles. The number of likely N-dealkylation sites (N-methyl/N-ethyl adjacent to an activating group) is 1. The highest BCUT2D eigenvalue weighted by molar-refractivity contribution is 5.68. The summed E-state index contributed by atoms with van der Waals surface area (Å²) in [5.41, 5.74) is 10.4. The summed E-state index contributed by atoms with van der Waals surface area (Å²) in [5.74, 6) is 3.79. The normalized spacial score (nSPS) is 16.3. The molecule has 2 N–H and O–H groups in total. The number of pyridine rings is 1. The third-order valence-corrected chi connectivity index (χ3v) is 6.11. The van der Waals surface area contributed by atoms with Crippen molar-refractivity contribution in [2.24, 2.45) is 0 Å². The van der Waals surface area contributed by atoms with Gasteiger partial charge in [0.15, 0.2) is 0 Å². The molecule has 1 atom stereocenters. The minimum atomic E-state index is 0.161. The average molecular weight is 466 g/mol. The first kappa shape index (κ1) is 22.5. The third-order valence-electron chi connectivity index (χ3n) is 6.11. The van der Waals surface area contributed by atoms with Gasteiger partial charge in [0.1, 0.15) is 11.5 Å². The van der Waals surface area contributed by atoms with Crippen LogP contribution in [0.1, 0.15) is 18.2 Å².